The molecule has 174 valence electrons. The molecule has 0 bridgehead atoms. The Morgan fingerprint density at radius 2 is 1.80 bits per heavy atom. The molecule has 2 fully saturated rings. The van der Waals surface area contributed by atoms with E-state index in [4.69, 9.17) is 4.98 Å². The van der Waals surface area contributed by atoms with E-state index in [0.29, 0.717) is 17.7 Å². The van der Waals surface area contributed by atoms with Gasteiger partial charge in [-0.3, -0.25) is 9.78 Å². The number of carbonyl (C=O) groups excluding carboxylic acids is 1. The quantitative estimate of drug-likeness (QED) is 0.328. The van der Waals surface area contributed by atoms with Gasteiger partial charge in [0.1, 0.15) is 11.3 Å². The molecule has 1 unspecified atom stereocenters. The van der Waals surface area contributed by atoms with Gasteiger partial charge >= 0.3 is 0 Å². The third kappa shape index (κ3) is 3.80. The number of thiazole rings is 1. The molecule has 7 rings (SSSR count). The molecular formula is C28H25N5OS. The van der Waals surface area contributed by atoms with Gasteiger partial charge in [0.05, 0.1) is 27.4 Å². The van der Waals surface area contributed by atoms with E-state index >= 15 is 0 Å². The summed E-state index contributed by atoms with van der Waals surface area (Å²) in [5, 5.41) is 0. The molecule has 4 heterocycles. The van der Waals surface area contributed by atoms with E-state index in [0.717, 1.165) is 72.4 Å². The minimum atomic E-state index is 0.291. The number of hydrogen-bond donors (Lipinski definition) is 0. The van der Waals surface area contributed by atoms with E-state index in [2.05, 4.69) is 61.9 Å². The van der Waals surface area contributed by atoms with E-state index < -0.39 is 0 Å². The van der Waals surface area contributed by atoms with E-state index in [1.807, 2.05) is 24.0 Å². The summed E-state index contributed by atoms with van der Waals surface area (Å²) in [6, 6.07) is 17.1. The van der Waals surface area contributed by atoms with Crippen LogP contribution in [0.5, 0.6) is 0 Å². The van der Waals surface area contributed by atoms with Crippen LogP contribution in [0.15, 0.2) is 66.4 Å². The second-order valence-corrected chi connectivity index (χ2v) is 10.6. The van der Waals surface area contributed by atoms with Crippen LogP contribution in [0.4, 0.5) is 0 Å². The summed E-state index contributed by atoms with van der Waals surface area (Å²) in [4.78, 5) is 28.4. The van der Waals surface area contributed by atoms with E-state index in [1.165, 1.54) is 10.3 Å². The number of amides is 1. The van der Waals surface area contributed by atoms with Crippen LogP contribution in [0.1, 0.15) is 19.3 Å². The zero-order valence-electron chi connectivity index (χ0n) is 19.3. The molecule has 0 spiro atoms. The van der Waals surface area contributed by atoms with Crippen molar-refractivity contribution in [2.75, 3.05) is 13.1 Å². The highest BCUT2D eigenvalue weighted by Crippen LogP contribution is 2.34. The lowest BCUT2D eigenvalue weighted by atomic mass is 10.0. The molecule has 1 aliphatic carbocycles. The first-order valence-corrected chi connectivity index (χ1v) is 13.1. The lowest BCUT2D eigenvalue weighted by molar-refractivity contribution is -0.131. The molecular weight excluding hydrogens is 454 g/mol. The van der Waals surface area contributed by atoms with E-state index in [1.54, 1.807) is 11.3 Å². The summed E-state index contributed by atoms with van der Waals surface area (Å²) in [7, 11) is 0. The molecule has 7 heteroatoms. The van der Waals surface area contributed by atoms with Gasteiger partial charge in [-0.05, 0) is 54.5 Å². The SMILES string of the molecule is O=C(C1CC1)N1CCC(Cn2c(-c3ccc(-c4ccc5scnc5c4)cc3)nc3cnccc32)C1. The minimum Gasteiger partial charge on any atom is -0.342 e. The fourth-order valence-electron chi connectivity index (χ4n) is 5.26. The molecule has 1 aliphatic heterocycles. The number of nitrogens with zero attached hydrogens (tertiary/aromatic N) is 5. The zero-order chi connectivity index (χ0) is 23.4. The van der Waals surface area contributed by atoms with Gasteiger partial charge in [-0.2, -0.15) is 0 Å². The smallest absolute Gasteiger partial charge is 0.225 e. The van der Waals surface area contributed by atoms with Crippen molar-refractivity contribution in [3.63, 3.8) is 0 Å². The average Bonchev–Trinajstić information content (AvgIpc) is 3.30. The standard InChI is InChI=1S/C28H25N5OS/c34-28(21-5-6-21)32-12-10-18(15-32)16-33-25-9-11-29-14-24(25)31-27(33)20-3-1-19(2-4-20)22-7-8-26-23(13-22)30-17-35-26/h1-4,7-9,11,13-14,17-18,21H,5-6,10,12,15-16H2. The summed E-state index contributed by atoms with van der Waals surface area (Å²) < 4.78 is 3.53. The van der Waals surface area contributed by atoms with Crippen LogP contribution in [0.25, 0.3) is 43.8 Å². The molecule has 2 aliphatic rings. The zero-order valence-corrected chi connectivity index (χ0v) is 20.1. The van der Waals surface area contributed by atoms with Crippen LogP contribution >= 0.6 is 11.3 Å². The molecule has 3 aromatic heterocycles. The fraction of sp³-hybridized carbons (Fsp3) is 0.286. The molecule has 1 atom stereocenters. The van der Waals surface area contributed by atoms with Gasteiger partial charge in [0, 0.05) is 37.3 Å². The summed E-state index contributed by atoms with van der Waals surface area (Å²) >= 11 is 1.66. The topological polar surface area (TPSA) is 63.9 Å². The molecule has 1 amide bonds. The van der Waals surface area contributed by atoms with Crippen molar-refractivity contribution in [3.05, 3.63) is 66.4 Å². The summed E-state index contributed by atoms with van der Waals surface area (Å²) in [6.07, 6.45) is 6.85. The van der Waals surface area contributed by atoms with Gasteiger partial charge in [0.25, 0.3) is 0 Å². The Kier molecular flexibility index (Phi) is 4.91. The first-order valence-electron chi connectivity index (χ1n) is 12.3. The number of fused-ring (bicyclic) bond motifs is 2. The van der Waals surface area contributed by atoms with Crippen LogP contribution in [0, 0.1) is 11.8 Å². The van der Waals surface area contributed by atoms with E-state index in [-0.39, 0.29) is 0 Å². The highest BCUT2D eigenvalue weighted by molar-refractivity contribution is 7.16. The Bertz CT molecular complexity index is 1550. The summed E-state index contributed by atoms with van der Waals surface area (Å²) in [5.41, 5.74) is 8.35. The Hall–Kier alpha value is -3.58. The number of imidazole rings is 1. The average molecular weight is 480 g/mol. The van der Waals surface area contributed by atoms with Crippen LogP contribution in [-0.4, -0.2) is 43.4 Å². The second kappa shape index (κ2) is 8.27. The van der Waals surface area contributed by atoms with Crippen molar-refractivity contribution in [3.8, 4) is 22.5 Å². The van der Waals surface area contributed by atoms with Crippen molar-refractivity contribution < 1.29 is 4.79 Å². The highest BCUT2D eigenvalue weighted by atomic mass is 32.1. The van der Waals surface area contributed by atoms with Gasteiger partial charge in [0.15, 0.2) is 0 Å². The second-order valence-electron chi connectivity index (χ2n) is 9.74. The summed E-state index contributed by atoms with van der Waals surface area (Å²) in [5.74, 6) is 2.05. The Morgan fingerprint density at radius 3 is 2.66 bits per heavy atom. The maximum atomic E-state index is 12.6. The third-order valence-electron chi connectivity index (χ3n) is 7.32. The third-order valence-corrected chi connectivity index (χ3v) is 8.13. The maximum absolute atomic E-state index is 12.6. The van der Waals surface area contributed by atoms with Crippen LogP contribution in [-0.2, 0) is 11.3 Å². The number of carbonyl (C=O) groups is 1. The highest BCUT2D eigenvalue weighted by Gasteiger charge is 2.36. The maximum Gasteiger partial charge on any atom is 0.225 e. The van der Waals surface area contributed by atoms with Gasteiger partial charge in [-0.25, -0.2) is 9.97 Å². The van der Waals surface area contributed by atoms with Crippen molar-refractivity contribution in [2.45, 2.75) is 25.8 Å². The number of rotatable bonds is 5. The Morgan fingerprint density at radius 1 is 0.971 bits per heavy atom. The molecule has 0 N–H and O–H groups in total. The number of hydrogen-bond acceptors (Lipinski definition) is 5. The first-order chi connectivity index (χ1) is 17.2. The van der Waals surface area contributed by atoms with Crippen molar-refractivity contribution in [1.29, 1.82) is 0 Å². The Balaban J connectivity index is 1.19. The van der Waals surface area contributed by atoms with Crippen molar-refractivity contribution in [1.82, 2.24) is 24.4 Å². The van der Waals surface area contributed by atoms with Gasteiger partial charge in [0.2, 0.25) is 5.91 Å². The van der Waals surface area contributed by atoms with Crippen LogP contribution in [0.3, 0.4) is 0 Å². The van der Waals surface area contributed by atoms with E-state index in [9.17, 15) is 4.79 Å². The van der Waals surface area contributed by atoms with Crippen molar-refractivity contribution in [2.24, 2.45) is 11.8 Å². The number of aromatic nitrogens is 4. The predicted octanol–water partition coefficient (Wildman–Crippen LogP) is 5.63. The van der Waals surface area contributed by atoms with Gasteiger partial charge < -0.3 is 9.47 Å². The largest absolute Gasteiger partial charge is 0.342 e. The molecule has 5 aromatic rings. The van der Waals surface area contributed by atoms with Crippen molar-refractivity contribution >= 4 is 38.5 Å². The first kappa shape index (κ1) is 20.8. The molecule has 35 heavy (non-hydrogen) atoms. The predicted molar refractivity (Wildman–Crippen MR) is 139 cm³/mol. The van der Waals surface area contributed by atoms with Crippen LogP contribution in [0.2, 0.25) is 0 Å². The summed E-state index contributed by atoms with van der Waals surface area (Å²) in [6.45, 7) is 2.58. The number of likely N-dealkylation sites (tertiary alicyclic amines) is 1. The Labute approximate surface area is 207 Å². The molecule has 2 aromatic carbocycles. The van der Waals surface area contributed by atoms with Crippen LogP contribution < -0.4 is 0 Å². The fourth-order valence-corrected chi connectivity index (χ4v) is 5.92. The number of benzene rings is 2. The lowest BCUT2D eigenvalue weighted by Crippen LogP contribution is -2.30. The molecule has 0 radical (unpaired) electrons. The number of pyridine rings is 1. The van der Waals surface area contributed by atoms with Gasteiger partial charge in [-0.15, -0.1) is 11.3 Å². The lowest BCUT2D eigenvalue weighted by Gasteiger charge is -2.18. The monoisotopic (exact) mass is 479 g/mol. The molecule has 1 saturated carbocycles. The minimum absolute atomic E-state index is 0.291. The van der Waals surface area contributed by atoms with Gasteiger partial charge in [-0.1, -0.05) is 30.3 Å². The molecule has 1 saturated heterocycles. The molecule has 6 nitrogen and oxygen atoms in total. The normalized spacial score (nSPS) is 18.1.